The molecule has 1 aromatic heterocycles. The number of aromatic carboxylic acids is 1. The fraction of sp³-hybridized carbons (Fsp3) is 0.238. The summed E-state index contributed by atoms with van der Waals surface area (Å²) in [7, 11) is 0. The van der Waals surface area contributed by atoms with Gasteiger partial charge < -0.3 is 14.6 Å². The molecule has 1 aliphatic heterocycles. The molecule has 5 heteroatoms. The lowest BCUT2D eigenvalue weighted by atomic mass is 10.0. The molecular weight excluding hydrogens is 328 g/mol. The Bertz CT molecular complexity index is 1010. The summed E-state index contributed by atoms with van der Waals surface area (Å²) in [5, 5.41) is 10.6. The first-order valence-electron chi connectivity index (χ1n) is 8.72. The minimum Gasteiger partial charge on any atom is -0.478 e. The molecule has 5 nitrogen and oxygen atoms in total. The third-order valence-corrected chi connectivity index (χ3v) is 5.13. The zero-order valence-corrected chi connectivity index (χ0v) is 14.6. The smallest absolute Gasteiger partial charge is 0.337 e. The zero-order chi connectivity index (χ0) is 18.3. The highest BCUT2D eigenvalue weighted by Crippen LogP contribution is 2.33. The van der Waals surface area contributed by atoms with Crippen LogP contribution in [-0.2, 0) is 24.3 Å². The largest absolute Gasteiger partial charge is 0.478 e. The Morgan fingerprint density at radius 3 is 2.54 bits per heavy atom. The molecule has 1 amide bonds. The molecule has 132 valence electrons. The predicted octanol–water partition coefficient (Wildman–Crippen LogP) is 3.29. The highest BCUT2D eigenvalue weighted by molar-refractivity contribution is 6.04. The van der Waals surface area contributed by atoms with Crippen molar-refractivity contribution < 1.29 is 14.7 Å². The second-order valence-corrected chi connectivity index (χ2v) is 6.69. The number of carboxylic acid groups (broad SMARTS) is 1. The summed E-state index contributed by atoms with van der Waals surface area (Å²) in [5.74, 6) is -0.878. The van der Waals surface area contributed by atoms with Crippen LogP contribution in [-0.4, -0.2) is 33.0 Å². The molecule has 0 atom stereocenters. The molecule has 26 heavy (non-hydrogen) atoms. The summed E-state index contributed by atoms with van der Waals surface area (Å²) >= 11 is 0. The van der Waals surface area contributed by atoms with Gasteiger partial charge in [-0.15, -0.1) is 0 Å². The van der Waals surface area contributed by atoms with Gasteiger partial charge in [0.25, 0.3) is 0 Å². The summed E-state index contributed by atoms with van der Waals surface area (Å²) in [5.41, 5.74) is 4.39. The van der Waals surface area contributed by atoms with E-state index in [1.54, 1.807) is 19.1 Å². The highest BCUT2D eigenvalue weighted by Gasteiger charge is 2.27. The monoisotopic (exact) mass is 348 g/mol. The molecular formula is C21H20N2O3. The van der Waals surface area contributed by atoms with E-state index in [1.165, 1.54) is 0 Å². The number of carbonyl (C=O) groups is 2. The average Bonchev–Trinajstić information content (AvgIpc) is 2.96. The van der Waals surface area contributed by atoms with Crippen molar-refractivity contribution in [2.75, 3.05) is 6.54 Å². The molecule has 2 aromatic carbocycles. The second kappa shape index (κ2) is 6.33. The van der Waals surface area contributed by atoms with Crippen molar-refractivity contribution in [1.29, 1.82) is 0 Å². The Morgan fingerprint density at radius 2 is 1.85 bits per heavy atom. The molecule has 1 N–H and O–H groups in total. The SMILES string of the molecule is CC(=O)N1CCc2c(c3cccc(C(=O)O)c3n2Cc2ccccc2)C1. The lowest BCUT2D eigenvalue weighted by Gasteiger charge is -2.27. The van der Waals surface area contributed by atoms with Gasteiger partial charge in [-0.1, -0.05) is 42.5 Å². The number of hydrogen-bond acceptors (Lipinski definition) is 2. The summed E-state index contributed by atoms with van der Waals surface area (Å²) in [4.78, 5) is 25.5. The number of amides is 1. The van der Waals surface area contributed by atoms with Gasteiger partial charge in [0, 0.05) is 49.6 Å². The molecule has 0 saturated carbocycles. The molecule has 0 aliphatic carbocycles. The molecule has 0 bridgehead atoms. The van der Waals surface area contributed by atoms with Gasteiger partial charge in [-0.05, 0) is 11.6 Å². The van der Waals surface area contributed by atoms with Crippen LogP contribution in [0.2, 0.25) is 0 Å². The fourth-order valence-electron chi connectivity index (χ4n) is 3.89. The summed E-state index contributed by atoms with van der Waals surface area (Å²) in [6, 6.07) is 15.4. The van der Waals surface area contributed by atoms with Gasteiger partial charge in [0.2, 0.25) is 5.91 Å². The highest BCUT2D eigenvalue weighted by atomic mass is 16.4. The third-order valence-electron chi connectivity index (χ3n) is 5.13. The number of aromatic nitrogens is 1. The van der Waals surface area contributed by atoms with E-state index in [0.29, 0.717) is 25.2 Å². The summed E-state index contributed by atoms with van der Waals surface area (Å²) < 4.78 is 2.13. The first kappa shape index (κ1) is 16.4. The number of rotatable bonds is 3. The maximum Gasteiger partial charge on any atom is 0.337 e. The number of para-hydroxylation sites is 1. The van der Waals surface area contributed by atoms with Crippen LogP contribution in [0.5, 0.6) is 0 Å². The van der Waals surface area contributed by atoms with Gasteiger partial charge >= 0.3 is 5.97 Å². The predicted molar refractivity (Wildman–Crippen MR) is 99.2 cm³/mol. The van der Waals surface area contributed by atoms with E-state index in [9.17, 15) is 14.7 Å². The van der Waals surface area contributed by atoms with Crippen molar-refractivity contribution in [1.82, 2.24) is 9.47 Å². The van der Waals surface area contributed by atoms with E-state index in [1.807, 2.05) is 41.3 Å². The quantitative estimate of drug-likeness (QED) is 0.790. The number of benzene rings is 2. The number of fused-ring (bicyclic) bond motifs is 3. The number of carbonyl (C=O) groups excluding carboxylic acids is 1. The fourth-order valence-corrected chi connectivity index (χ4v) is 3.89. The standard InChI is InChI=1S/C21H20N2O3/c1-14(24)22-11-10-19-18(13-22)16-8-5-9-17(21(25)26)20(16)23(19)12-15-6-3-2-4-7-15/h2-9H,10-13H2,1H3,(H,25,26). The van der Waals surface area contributed by atoms with E-state index in [4.69, 9.17) is 0 Å². The van der Waals surface area contributed by atoms with E-state index in [2.05, 4.69) is 4.57 Å². The molecule has 4 rings (SSSR count). The van der Waals surface area contributed by atoms with Crippen molar-refractivity contribution in [2.24, 2.45) is 0 Å². The van der Waals surface area contributed by atoms with E-state index in [-0.39, 0.29) is 5.91 Å². The van der Waals surface area contributed by atoms with Gasteiger partial charge in [-0.2, -0.15) is 0 Å². The molecule has 0 fully saturated rings. The number of carboxylic acids is 1. The Hall–Kier alpha value is -3.08. The molecule has 2 heterocycles. The number of hydrogen-bond donors (Lipinski definition) is 1. The average molecular weight is 348 g/mol. The molecule has 3 aromatic rings. The van der Waals surface area contributed by atoms with Crippen molar-refractivity contribution in [3.63, 3.8) is 0 Å². The van der Waals surface area contributed by atoms with Gasteiger partial charge in [0.1, 0.15) is 0 Å². The third kappa shape index (κ3) is 2.65. The van der Waals surface area contributed by atoms with Gasteiger partial charge in [0.05, 0.1) is 11.1 Å². The summed E-state index contributed by atoms with van der Waals surface area (Å²) in [6.07, 6.45) is 0.732. The van der Waals surface area contributed by atoms with Crippen LogP contribution in [0, 0.1) is 0 Å². The van der Waals surface area contributed by atoms with E-state index >= 15 is 0 Å². The maximum absolute atomic E-state index is 11.8. The first-order chi connectivity index (χ1) is 12.6. The zero-order valence-electron chi connectivity index (χ0n) is 14.6. The van der Waals surface area contributed by atoms with Crippen molar-refractivity contribution in [3.05, 3.63) is 70.9 Å². The Kier molecular flexibility index (Phi) is 3.99. The van der Waals surface area contributed by atoms with Crippen molar-refractivity contribution >= 4 is 22.8 Å². The Labute approximate surface area is 151 Å². The molecule has 0 radical (unpaired) electrons. The topological polar surface area (TPSA) is 62.5 Å². The van der Waals surface area contributed by atoms with Crippen LogP contribution in [0.15, 0.2) is 48.5 Å². The van der Waals surface area contributed by atoms with Crippen LogP contribution in [0.3, 0.4) is 0 Å². The maximum atomic E-state index is 11.8. The lowest BCUT2D eigenvalue weighted by molar-refractivity contribution is -0.129. The van der Waals surface area contributed by atoms with Gasteiger partial charge in [-0.3, -0.25) is 4.79 Å². The lowest BCUT2D eigenvalue weighted by Crippen LogP contribution is -2.34. The van der Waals surface area contributed by atoms with Crippen LogP contribution in [0.25, 0.3) is 10.9 Å². The number of nitrogens with zero attached hydrogens (tertiary/aromatic N) is 2. The normalized spacial score (nSPS) is 13.7. The first-order valence-corrected chi connectivity index (χ1v) is 8.72. The van der Waals surface area contributed by atoms with Crippen LogP contribution in [0.4, 0.5) is 0 Å². The molecule has 0 saturated heterocycles. The second-order valence-electron chi connectivity index (χ2n) is 6.69. The van der Waals surface area contributed by atoms with Crippen molar-refractivity contribution in [2.45, 2.75) is 26.4 Å². The minimum absolute atomic E-state index is 0.0500. The minimum atomic E-state index is -0.928. The van der Waals surface area contributed by atoms with Gasteiger partial charge in [-0.25, -0.2) is 4.79 Å². The Balaban J connectivity index is 1.94. The molecule has 1 aliphatic rings. The molecule has 0 spiro atoms. The molecule has 0 unspecified atom stereocenters. The van der Waals surface area contributed by atoms with E-state index < -0.39 is 5.97 Å². The van der Waals surface area contributed by atoms with Crippen LogP contribution in [0.1, 0.15) is 34.1 Å². The van der Waals surface area contributed by atoms with E-state index in [0.717, 1.165) is 34.1 Å². The Morgan fingerprint density at radius 1 is 1.08 bits per heavy atom. The van der Waals surface area contributed by atoms with Crippen LogP contribution < -0.4 is 0 Å². The van der Waals surface area contributed by atoms with Crippen LogP contribution >= 0.6 is 0 Å². The van der Waals surface area contributed by atoms with Crippen molar-refractivity contribution in [3.8, 4) is 0 Å². The van der Waals surface area contributed by atoms with Gasteiger partial charge in [0.15, 0.2) is 0 Å². The summed E-state index contributed by atoms with van der Waals surface area (Å²) in [6.45, 7) is 3.40.